The Balaban J connectivity index is 2.48. The Kier molecular flexibility index (Phi) is 3.30. The van der Waals surface area contributed by atoms with E-state index in [2.05, 4.69) is 14.1 Å². The van der Waals surface area contributed by atoms with Crippen LogP contribution in [0.3, 0.4) is 0 Å². The van der Waals surface area contributed by atoms with Crippen molar-refractivity contribution in [2.24, 2.45) is 4.40 Å². The summed E-state index contributed by atoms with van der Waals surface area (Å²) in [5.41, 5.74) is -0.259. The van der Waals surface area contributed by atoms with Crippen LogP contribution in [-0.4, -0.2) is 32.2 Å². The molecular formula is C10H8FN3O4S. The van der Waals surface area contributed by atoms with Gasteiger partial charge < -0.3 is 4.74 Å². The molecule has 2 heterocycles. The predicted octanol–water partition coefficient (Wildman–Crippen LogP) is -0.0853. The van der Waals surface area contributed by atoms with Gasteiger partial charge in [-0.05, 0) is 18.2 Å². The molecule has 9 heteroatoms. The number of allylic oxidation sites excluding steroid dienone is 1. The number of rotatable bonds is 2. The Bertz CT molecular complexity index is 679. The van der Waals surface area contributed by atoms with Gasteiger partial charge in [0.05, 0.1) is 19.0 Å². The van der Waals surface area contributed by atoms with E-state index in [4.69, 9.17) is 0 Å². The monoisotopic (exact) mass is 285 g/mol. The highest BCUT2D eigenvalue weighted by Crippen LogP contribution is 2.11. The lowest BCUT2D eigenvalue weighted by Crippen LogP contribution is -2.31. The lowest BCUT2D eigenvalue weighted by Gasteiger charge is -2.13. The molecule has 0 amide bonds. The summed E-state index contributed by atoms with van der Waals surface area (Å²) in [6.45, 7) is 0. The molecule has 0 unspecified atom stereocenters. The van der Waals surface area contributed by atoms with E-state index >= 15 is 0 Å². The van der Waals surface area contributed by atoms with Gasteiger partial charge in [0.25, 0.3) is 0 Å². The van der Waals surface area contributed by atoms with Crippen molar-refractivity contribution in [3.63, 3.8) is 0 Å². The fourth-order valence-corrected chi connectivity index (χ4v) is 2.21. The fraction of sp³-hybridized carbons (Fsp3) is 0.100. The Morgan fingerprint density at radius 2 is 2.16 bits per heavy atom. The van der Waals surface area contributed by atoms with Crippen LogP contribution in [0, 0.1) is 5.82 Å². The van der Waals surface area contributed by atoms with Crippen LogP contribution in [-0.2, 0) is 19.7 Å². The van der Waals surface area contributed by atoms with Crippen LogP contribution in [0.15, 0.2) is 34.5 Å². The molecule has 19 heavy (non-hydrogen) atoms. The SMILES string of the molecule is COC(=O)C1=CC(c2ccc(F)cn2)=NS(=O)(=O)N1. The highest BCUT2D eigenvalue weighted by atomic mass is 32.2. The Labute approximate surface area is 108 Å². The minimum absolute atomic E-state index is 0.0841. The maximum atomic E-state index is 12.7. The van der Waals surface area contributed by atoms with Crippen LogP contribution in [0.1, 0.15) is 5.69 Å². The molecule has 1 aliphatic rings. The number of nitrogens with zero attached hydrogens (tertiary/aromatic N) is 2. The molecule has 1 aromatic heterocycles. The molecular weight excluding hydrogens is 277 g/mol. The first-order valence-electron chi connectivity index (χ1n) is 4.96. The number of nitrogens with one attached hydrogen (secondary N) is 1. The number of pyridine rings is 1. The van der Waals surface area contributed by atoms with Gasteiger partial charge in [-0.2, -0.15) is 8.42 Å². The average Bonchev–Trinajstić information content (AvgIpc) is 2.36. The largest absolute Gasteiger partial charge is 0.464 e. The molecule has 0 aromatic carbocycles. The lowest BCUT2D eigenvalue weighted by molar-refractivity contribution is -0.136. The van der Waals surface area contributed by atoms with Gasteiger partial charge in [0.15, 0.2) is 0 Å². The zero-order valence-electron chi connectivity index (χ0n) is 9.62. The van der Waals surface area contributed by atoms with E-state index < -0.39 is 22.0 Å². The van der Waals surface area contributed by atoms with Gasteiger partial charge in [-0.3, -0.25) is 9.71 Å². The molecule has 0 fully saturated rings. The minimum atomic E-state index is -4.06. The maximum absolute atomic E-state index is 12.7. The Morgan fingerprint density at radius 1 is 1.42 bits per heavy atom. The van der Waals surface area contributed by atoms with Crippen molar-refractivity contribution in [1.82, 2.24) is 9.71 Å². The van der Waals surface area contributed by atoms with E-state index in [0.717, 1.165) is 25.4 Å². The quantitative estimate of drug-likeness (QED) is 0.766. The second-order valence-corrected chi connectivity index (χ2v) is 4.80. The molecule has 2 rings (SSSR count). The maximum Gasteiger partial charge on any atom is 0.355 e. The first-order valence-corrected chi connectivity index (χ1v) is 6.40. The minimum Gasteiger partial charge on any atom is -0.464 e. The molecule has 0 saturated heterocycles. The smallest absolute Gasteiger partial charge is 0.355 e. The van der Waals surface area contributed by atoms with E-state index in [9.17, 15) is 17.6 Å². The summed E-state index contributed by atoms with van der Waals surface area (Å²) in [5.74, 6) is -1.43. The van der Waals surface area contributed by atoms with E-state index in [1.165, 1.54) is 6.07 Å². The first-order chi connectivity index (χ1) is 8.91. The fourth-order valence-electron chi connectivity index (χ4n) is 1.34. The predicted molar refractivity (Wildman–Crippen MR) is 62.9 cm³/mol. The van der Waals surface area contributed by atoms with E-state index in [1.807, 2.05) is 4.72 Å². The number of aromatic nitrogens is 1. The third-order valence-corrected chi connectivity index (χ3v) is 3.05. The molecule has 1 N–H and O–H groups in total. The number of hydrogen-bond acceptors (Lipinski definition) is 5. The van der Waals surface area contributed by atoms with Crippen molar-refractivity contribution in [1.29, 1.82) is 0 Å². The Hall–Kier alpha value is -2.29. The second kappa shape index (κ2) is 4.76. The van der Waals surface area contributed by atoms with Gasteiger partial charge in [0.2, 0.25) is 0 Å². The highest BCUT2D eigenvalue weighted by molar-refractivity contribution is 7.88. The summed E-state index contributed by atoms with van der Waals surface area (Å²) in [6.07, 6.45) is 2.07. The third-order valence-electron chi connectivity index (χ3n) is 2.13. The molecule has 0 bridgehead atoms. The van der Waals surface area contributed by atoms with Crippen molar-refractivity contribution in [2.75, 3.05) is 7.11 Å². The number of ether oxygens (including phenoxy) is 1. The summed E-state index contributed by atoms with van der Waals surface area (Å²) in [5, 5.41) is 0. The number of carbonyl (C=O) groups is 1. The Morgan fingerprint density at radius 3 is 2.74 bits per heavy atom. The van der Waals surface area contributed by atoms with Gasteiger partial charge >= 0.3 is 16.2 Å². The summed E-state index contributed by atoms with van der Waals surface area (Å²) in [6, 6.07) is 2.35. The van der Waals surface area contributed by atoms with Gasteiger partial charge in [-0.15, -0.1) is 4.40 Å². The van der Waals surface area contributed by atoms with Crippen LogP contribution < -0.4 is 4.72 Å². The average molecular weight is 285 g/mol. The van der Waals surface area contributed by atoms with Gasteiger partial charge in [-0.1, -0.05) is 0 Å². The third kappa shape index (κ3) is 2.94. The number of halogens is 1. The van der Waals surface area contributed by atoms with Crippen LogP contribution in [0.25, 0.3) is 0 Å². The summed E-state index contributed by atoms with van der Waals surface area (Å²) in [4.78, 5) is 15.0. The van der Waals surface area contributed by atoms with Gasteiger partial charge in [0, 0.05) is 0 Å². The number of methoxy groups -OCH3 is 1. The van der Waals surface area contributed by atoms with Crippen LogP contribution in [0.5, 0.6) is 0 Å². The van der Waals surface area contributed by atoms with Crippen LogP contribution in [0.4, 0.5) is 4.39 Å². The van der Waals surface area contributed by atoms with Gasteiger partial charge in [-0.25, -0.2) is 9.18 Å². The van der Waals surface area contributed by atoms with Gasteiger partial charge in [0.1, 0.15) is 17.2 Å². The van der Waals surface area contributed by atoms with Crippen molar-refractivity contribution < 1.29 is 22.3 Å². The van der Waals surface area contributed by atoms with Crippen LogP contribution >= 0.6 is 0 Å². The summed E-state index contributed by atoms with van der Waals surface area (Å²) >= 11 is 0. The molecule has 100 valence electrons. The van der Waals surface area contributed by atoms with E-state index in [0.29, 0.717) is 0 Å². The number of hydrogen-bond donors (Lipinski definition) is 1. The first kappa shape index (κ1) is 13.1. The summed E-state index contributed by atoms with van der Waals surface area (Å²) < 4.78 is 45.4. The molecule has 0 aliphatic carbocycles. The highest BCUT2D eigenvalue weighted by Gasteiger charge is 2.24. The zero-order chi connectivity index (χ0) is 14.0. The molecule has 7 nitrogen and oxygen atoms in total. The van der Waals surface area contributed by atoms with Crippen LogP contribution in [0.2, 0.25) is 0 Å². The molecule has 0 saturated carbocycles. The number of carbonyl (C=O) groups excluding carboxylic acids is 1. The van der Waals surface area contributed by atoms with Crippen molar-refractivity contribution in [3.05, 3.63) is 41.6 Å². The lowest BCUT2D eigenvalue weighted by atomic mass is 10.2. The van der Waals surface area contributed by atoms with Crippen molar-refractivity contribution in [3.8, 4) is 0 Å². The van der Waals surface area contributed by atoms with Crippen molar-refractivity contribution in [2.45, 2.75) is 0 Å². The second-order valence-electron chi connectivity index (χ2n) is 3.46. The number of esters is 1. The normalized spacial score (nSPS) is 16.9. The van der Waals surface area contributed by atoms with E-state index in [1.54, 1.807) is 0 Å². The standard InChI is InChI=1S/C10H8FN3O4S/c1-18-10(15)9-4-8(13-19(16,17)14-9)7-3-2-6(11)5-12-7/h2-5,14H,1H3. The molecule has 0 spiro atoms. The topological polar surface area (TPSA) is 97.7 Å². The zero-order valence-corrected chi connectivity index (χ0v) is 10.4. The molecule has 1 aromatic rings. The van der Waals surface area contributed by atoms with E-state index in [-0.39, 0.29) is 17.1 Å². The molecule has 0 atom stereocenters. The summed E-state index contributed by atoms with van der Waals surface area (Å²) in [7, 11) is -2.95. The molecule has 0 radical (unpaired) electrons. The van der Waals surface area contributed by atoms with Crippen molar-refractivity contribution >= 4 is 21.9 Å². The molecule has 1 aliphatic heterocycles.